The molecule has 0 radical (unpaired) electrons. The Morgan fingerprint density at radius 3 is 2.47 bits per heavy atom. The largest absolute Gasteiger partial charge is 0.314 e. The second kappa shape index (κ2) is 13.0. The minimum Gasteiger partial charge on any atom is -0.299 e. The van der Waals surface area contributed by atoms with Gasteiger partial charge in [0, 0.05) is 25.2 Å². The van der Waals surface area contributed by atoms with Crippen LogP contribution in [-0.4, -0.2) is 41.0 Å². The van der Waals surface area contributed by atoms with E-state index in [1.807, 2.05) is 6.08 Å². The van der Waals surface area contributed by atoms with Crippen molar-refractivity contribution in [1.82, 2.24) is 5.06 Å². The van der Waals surface area contributed by atoms with Crippen molar-refractivity contribution in [2.75, 3.05) is 6.61 Å². The van der Waals surface area contributed by atoms with Crippen molar-refractivity contribution in [3.63, 3.8) is 0 Å². The van der Waals surface area contributed by atoms with Crippen LogP contribution in [0.15, 0.2) is 12.2 Å². The van der Waals surface area contributed by atoms with E-state index in [2.05, 4.69) is 6.08 Å². The van der Waals surface area contributed by atoms with Crippen LogP contribution in [0, 0.1) is 11.8 Å². The zero-order valence-corrected chi connectivity index (χ0v) is 19.4. The van der Waals surface area contributed by atoms with E-state index in [1.54, 1.807) is 0 Å². The molecule has 3 aliphatic rings. The monoisotopic (exact) mass is 445 g/mol. The van der Waals surface area contributed by atoms with Crippen LogP contribution in [0.25, 0.3) is 0 Å². The SMILES string of the molecule is O=C1CC=CCCCCC2CCCC(C2)C(=O)C(=O)N2OCCCC2C(=O)CCCCC1. The van der Waals surface area contributed by atoms with Gasteiger partial charge in [0.25, 0.3) is 0 Å². The summed E-state index contributed by atoms with van der Waals surface area (Å²) in [6.07, 6.45) is 16.9. The number of hydroxylamine groups is 2. The fourth-order valence-electron chi connectivity index (χ4n) is 5.31. The molecule has 3 unspecified atom stereocenters. The number of amides is 1. The number of carbonyl (C=O) groups excluding carboxylic acids is 4. The molecule has 32 heavy (non-hydrogen) atoms. The number of hydrogen-bond donors (Lipinski definition) is 0. The Morgan fingerprint density at radius 2 is 1.59 bits per heavy atom. The molecule has 178 valence electrons. The highest BCUT2D eigenvalue weighted by Gasteiger charge is 2.39. The number of Topliss-reactive ketones (excluding diaryl/α,β-unsaturated/α-hetero) is 3. The average molecular weight is 446 g/mol. The van der Waals surface area contributed by atoms with Gasteiger partial charge in [-0.3, -0.25) is 24.0 Å². The molecule has 1 aliphatic carbocycles. The van der Waals surface area contributed by atoms with Crippen LogP contribution in [-0.2, 0) is 24.0 Å². The summed E-state index contributed by atoms with van der Waals surface area (Å²) in [5.41, 5.74) is 0. The highest BCUT2D eigenvalue weighted by molar-refractivity contribution is 6.37. The molecule has 2 fully saturated rings. The van der Waals surface area contributed by atoms with Gasteiger partial charge in [-0.05, 0) is 57.3 Å². The number of hydrogen-bond acceptors (Lipinski definition) is 5. The van der Waals surface area contributed by atoms with Crippen LogP contribution in [0.1, 0.15) is 103 Å². The predicted octanol–water partition coefficient (Wildman–Crippen LogP) is 4.89. The van der Waals surface area contributed by atoms with Crippen LogP contribution < -0.4 is 0 Å². The van der Waals surface area contributed by atoms with Crippen molar-refractivity contribution < 1.29 is 24.0 Å². The number of nitrogens with zero attached hydrogens (tertiary/aromatic N) is 1. The molecule has 3 rings (SSSR count). The Morgan fingerprint density at radius 1 is 0.781 bits per heavy atom. The normalized spacial score (nSPS) is 30.5. The molecule has 3 atom stereocenters. The van der Waals surface area contributed by atoms with Crippen molar-refractivity contribution in [3.05, 3.63) is 12.2 Å². The lowest BCUT2D eigenvalue weighted by atomic mass is 9.77. The summed E-state index contributed by atoms with van der Waals surface area (Å²) in [6.45, 7) is 0.367. The maximum absolute atomic E-state index is 13.0. The van der Waals surface area contributed by atoms with Crippen molar-refractivity contribution >= 4 is 23.3 Å². The van der Waals surface area contributed by atoms with Crippen LogP contribution in [0.3, 0.4) is 0 Å². The first-order valence-corrected chi connectivity index (χ1v) is 12.8. The smallest absolute Gasteiger partial charge is 0.299 e. The number of rotatable bonds is 0. The van der Waals surface area contributed by atoms with Gasteiger partial charge in [0.2, 0.25) is 5.78 Å². The Labute approximate surface area is 192 Å². The van der Waals surface area contributed by atoms with Crippen LogP contribution >= 0.6 is 0 Å². The molecule has 0 N–H and O–H groups in total. The molecule has 0 spiro atoms. The zero-order chi connectivity index (χ0) is 22.8. The third-order valence-corrected chi connectivity index (χ3v) is 7.20. The summed E-state index contributed by atoms with van der Waals surface area (Å²) in [5, 5.41) is 1.11. The van der Waals surface area contributed by atoms with E-state index in [-0.39, 0.29) is 23.3 Å². The van der Waals surface area contributed by atoms with Gasteiger partial charge in [-0.25, -0.2) is 5.06 Å². The highest BCUT2D eigenvalue weighted by Crippen LogP contribution is 2.34. The number of fused-ring (bicyclic) bond motifs is 3. The van der Waals surface area contributed by atoms with Gasteiger partial charge in [0.1, 0.15) is 11.8 Å². The molecular formula is C26H39NO5. The van der Waals surface area contributed by atoms with Gasteiger partial charge in [-0.1, -0.05) is 44.3 Å². The maximum Gasteiger partial charge on any atom is 0.314 e. The van der Waals surface area contributed by atoms with Crippen molar-refractivity contribution in [2.24, 2.45) is 11.8 Å². The third-order valence-electron chi connectivity index (χ3n) is 7.20. The van der Waals surface area contributed by atoms with Crippen molar-refractivity contribution in [3.8, 4) is 0 Å². The average Bonchev–Trinajstić information content (AvgIpc) is 2.81. The van der Waals surface area contributed by atoms with E-state index in [0.717, 1.165) is 69.3 Å². The lowest BCUT2D eigenvalue weighted by Gasteiger charge is -2.35. The van der Waals surface area contributed by atoms with Crippen molar-refractivity contribution in [1.29, 1.82) is 0 Å². The van der Waals surface area contributed by atoms with E-state index in [4.69, 9.17) is 4.84 Å². The number of ketones is 3. The van der Waals surface area contributed by atoms with Gasteiger partial charge < -0.3 is 0 Å². The van der Waals surface area contributed by atoms with E-state index >= 15 is 0 Å². The van der Waals surface area contributed by atoms with E-state index in [0.29, 0.717) is 51.0 Å². The highest BCUT2D eigenvalue weighted by atomic mass is 16.7. The molecule has 6 heteroatoms. The van der Waals surface area contributed by atoms with Gasteiger partial charge in [-0.2, -0.15) is 0 Å². The molecule has 2 aliphatic heterocycles. The van der Waals surface area contributed by atoms with E-state index in [1.165, 1.54) is 0 Å². The standard InChI is InChI=1S/C26H39NO5/c28-22-14-6-3-1-2-5-11-20-12-9-13-21(19-20)25(30)26(31)27-23(16-10-18-32-27)24(29)17-8-4-7-15-22/h3,6,20-21,23H,1-2,4-5,7-19H2. The molecule has 0 aromatic rings. The minimum atomic E-state index is -0.652. The van der Waals surface area contributed by atoms with Crippen molar-refractivity contribution in [2.45, 2.75) is 109 Å². The first-order chi connectivity index (χ1) is 15.6. The predicted molar refractivity (Wildman–Crippen MR) is 122 cm³/mol. The lowest BCUT2D eigenvalue weighted by molar-refractivity contribution is -0.214. The number of allylic oxidation sites excluding steroid dienone is 2. The number of carbonyl (C=O) groups is 4. The molecule has 0 aromatic carbocycles. The van der Waals surface area contributed by atoms with Crippen LogP contribution in [0.2, 0.25) is 0 Å². The summed E-state index contributed by atoms with van der Waals surface area (Å²) in [6, 6.07) is -0.652. The molecule has 1 saturated carbocycles. The molecule has 2 heterocycles. The molecular weight excluding hydrogens is 406 g/mol. The first-order valence-electron chi connectivity index (χ1n) is 12.8. The van der Waals surface area contributed by atoms with Crippen LogP contribution in [0.4, 0.5) is 0 Å². The van der Waals surface area contributed by atoms with Gasteiger partial charge in [0.15, 0.2) is 5.78 Å². The Bertz CT molecular complexity index is 700. The molecule has 2 bridgehead atoms. The van der Waals surface area contributed by atoms with Gasteiger partial charge in [0.05, 0.1) is 6.61 Å². The summed E-state index contributed by atoms with van der Waals surface area (Å²) >= 11 is 0. The topological polar surface area (TPSA) is 80.8 Å². The fraction of sp³-hybridized carbons (Fsp3) is 0.769. The summed E-state index contributed by atoms with van der Waals surface area (Å²) in [4.78, 5) is 56.5. The summed E-state index contributed by atoms with van der Waals surface area (Å²) in [5.74, 6) is -0.556. The third kappa shape index (κ3) is 7.36. The van der Waals surface area contributed by atoms with Gasteiger partial charge >= 0.3 is 5.91 Å². The van der Waals surface area contributed by atoms with E-state index < -0.39 is 11.9 Å². The molecule has 1 saturated heterocycles. The minimum absolute atomic E-state index is 0.0347. The molecule has 6 nitrogen and oxygen atoms in total. The Hall–Kier alpha value is -1.82. The lowest BCUT2D eigenvalue weighted by Crippen LogP contribution is -2.51. The van der Waals surface area contributed by atoms with Crippen LogP contribution in [0.5, 0.6) is 0 Å². The summed E-state index contributed by atoms with van der Waals surface area (Å²) < 4.78 is 0. The zero-order valence-electron chi connectivity index (χ0n) is 19.4. The first kappa shape index (κ1) is 24.8. The maximum atomic E-state index is 13.0. The Balaban J connectivity index is 1.66. The second-order valence-corrected chi connectivity index (χ2v) is 9.74. The molecule has 0 aromatic heterocycles. The van der Waals surface area contributed by atoms with E-state index in [9.17, 15) is 19.2 Å². The quantitative estimate of drug-likeness (QED) is 0.392. The Kier molecular flexibility index (Phi) is 10.1. The van der Waals surface area contributed by atoms with Gasteiger partial charge in [-0.15, -0.1) is 0 Å². The summed E-state index contributed by atoms with van der Waals surface area (Å²) in [7, 11) is 0. The fourth-order valence-corrected chi connectivity index (χ4v) is 5.31. The molecule has 1 amide bonds. The second-order valence-electron chi connectivity index (χ2n) is 9.74.